The summed E-state index contributed by atoms with van der Waals surface area (Å²) in [4.78, 5) is 12.8. The Balaban J connectivity index is 1.77. The molecule has 0 spiro atoms. The Hall–Kier alpha value is -1.55. The molecule has 4 heteroatoms. The van der Waals surface area contributed by atoms with Gasteiger partial charge in [-0.3, -0.25) is 4.79 Å². The summed E-state index contributed by atoms with van der Waals surface area (Å²) in [7, 11) is 0. The second-order valence-electron chi connectivity index (χ2n) is 6.11. The van der Waals surface area contributed by atoms with Gasteiger partial charge in [0.05, 0.1) is 11.5 Å². The number of nitrogens with one attached hydrogen (secondary N) is 2. The zero-order valence-electron chi connectivity index (χ0n) is 12.1. The molecule has 4 nitrogen and oxygen atoms in total. The maximum atomic E-state index is 12.8. The lowest BCUT2D eigenvalue weighted by Gasteiger charge is -2.32. The van der Waals surface area contributed by atoms with E-state index in [1.54, 1.807) is 0 Å². The third-order valence-corrected chi connectivity index (χ3v) is 4.75. The van der Waals surface area contributed by atoms with Crippen LogP contribution < -0.4 is 15.4 Å². The van der Waals surface area contributed by atoms with Gasteiger partial charge in [-0.05, 0) is 24.9 Å². The lowest BCUT2D eigenvalue weighted by atomic mass is 9.75. The van der Waals surface area contributed by atoms with E-state index >= 15 is 0 Å². The highest BCUT2D eigenvalue weighted by molar-refractivity contribution is 5.84. The van der Waals surface area contributed by atoms with E-state index in [-0.39, 0.29) is 17.4 Å². The minimum atomic E-state index is -0.280. The largest absolute Gasteiger partial charge is 0.491 e. The van der Waals surface area contributed by atoms with Crippen LogP contribution in [0.3, 0.4) is 0 Å². The third-order valence-electron chi connectivity index (χ3n) is 4.75. The number of fused-ring (bicyclic) bond motifs is 1. The van der Waals surface area contributed by atoms with E-state index in [4.69, 9.17) is 4.74 Å². The second kappa shape index (κ2) is 5.09. The van der Waals surface area contributed by atoms with Gasteiger partial charge in [0.25, 0.3) is 0 Å². The third kappa shape index (κ3) is 2.08. The van der Waals surface area contributed by atoms with Gasteiger partial charge in [-0.2, -0.15) is 0 Å². The molecule has 1 amide bonds. The molecule has 1 aromatic rings. The normalized spacial score (nSPS) is 28.2. The summed E-state index contributed by atoms with van der Waals surface area (Å²) in [5.74, 6) is 1.37. The summed E-state index contributed by atoms with van der Waals surface area (Å²) >= 11 is 0. The van der Waals surface area contributed by atoms with Gasteiger partial charge in [0.2, 0.25) is 5.91 Å². The number of hydrogen-bond acceptors (Lipinski definition) is 3. The van der Waals surface area contributed by atoms with Crippen molar-refractivity contribution in [3.63, 3.8) is 0 Å². The van der Waals surface area contributed by atoms with Crippen LogP contribution in [-0.4, -0.2) is 25.6 Å². The Morgan fingerprint density at radius 1 is 1.45 bits per heavy atom. The molecule has 3 rings (SSSR count). The van der Waals surface area contributed by atoms with Crippen LogP contribution in [0.15, 0.2) is 24.3 Å². The van der Waals surface area contributed by atoms with Crippen molar-refractivity contribution in [2.75, 3.05) is 19.7 Å². The number of benzene rings is 1. The van der Waals surface area contributed by atoms with Crippen molar-refractivity contribution in [2.24, 2.45) is 11.3 Å². The van der Waals surface area contributed by atoms with E-state index in [0.717, 1.165) is 30.8 Å². The summed E-state index contributed by atoms with van der Waals surface area (Å²) < 4.78 is 5.64. The molecule has 2 aliphatic heterocycles. The fraction of sp³-hybridized carbons (Fsp3) is 0.562. The zero-order chi connectivity index (χ0) is 14.2. The van der Waals surface area contributed by atoms with Gasteiger partial charge >= 0.3 is 0 Å². The number of carbonyl (C=O) groups is 1. The molecule has 0 saturated carbocycles. The highest BCUT2D eigenvalue weighted by Gasteiger charge is 2.45. The molecule has 1 saturated heterocycles. The van der Waals surface area contributed by atoms with Crippen LogP contribution in [0.5, 0.6) is 5.75 Å². The van der Waals surface area contributed by atoms with Crippen molar-refractivity contribution >= 4 is 5.91 Å². The molecule has 0 bridgehead atoms. The molecule has 2 aliphatic rings. The number of carbonyl (C=O) groups excluding carboxylic acids is 1. The molecule has 1 aromatic carbocycles. The van der Waals surface area contributed by atoms with Gasteiger partial charge in [0.15, 0.2) is 0 Å². The molecule has 1 fully saturated rings. The van der Waals surface area contributed by atoms with Gasteiger partial charge < -0.3 is 15.4 Å². The number of para-hydroxylation sites is 1. The van der Waals surface area contributed by atoms with Crippen LogP contribution in [-0.2, 0) is 4.79 Å². The van der Waals surface area contributed by atoms with E-state index in [1.807, 2.05) is 24.3 Å². The first-order valence-corrected chi connectivity index (χ1v) is 7.37. The number of ether oxygens (including phenoxy) is 1. The molecule has 20 heavy (non-hydrogen) atoms. The van der Waals surface area contributed by atoms with E-state index in [2.05, 4.69) is 24.5 Å². The first-order valence-electron chi connectivity index (χ1n) is 7.37. The summed E-state index contributed by atoms with van der Waals surface area (Å²) in [5, 5.41) is 6.52. The Morgan fingerprint density at radius 2 is 2.25 bits per heavy atom. The first-order chi connectivity index (χ1) is 9.63. The minimum Gasteiger partial charge on any atom is -0.491 e. The molecular formula is C16H22N2O2. The van der Waals surface area contributed by atoms with Crippen molar-refractivity contribution in [2.45, 2.75) is 26.3 Å². The van der Waals surface area contributed by atoms with Crippen LogP contribution in [0.25, 0.3) is 0 Å². The average molecular weight is 274 g/mol. The predicted octanol–water partition coefficient (Wildman–Crippen LogP) is 1.87. The molecule has 2 unspecified atom stereocenters. The van der Waals surface area contributed by atoms with Gasteiger partial charge in [0.1, 0.15) is 12.4 Å². The summed E-state index contributed by atoms with van der Waals surface area (Å²) in [6, 6.07) is 7.91. The van der Waals surface area contributed by atoms with Crippen LogP contribution in [0.2, 0.25) is 0 Å². The maximum absolute atomic E-state index is 12.8. The Kier molecular flexibility index (Phi) is 3.42. The van der Waals surface area contributed by atoms with Crippen LogP contribution in [0, 0.1) is 11.3 Å². The highest BCUT2D eigenvalue weighted by Crippen LogP contribution is 2.37. The molecule has 0 aliphatic carbocycles. The SMILES string of the molecule is CC(C)C1(C(=O)NC2COc3ccccc32)CCNC1. The van der Waals surface area contributed by atoms with Crippen molar-refractivity contribution in [1.29, 1.82) is 0 Å². The predicted molar refractivity (Wildman–Crippen MR) is 77.6 cm³/mol. The van der Waals surface area contributed by atoms with Gasteiger partial charge in [0, 0.05) is 12.1 Å². The fourth-order valence-corrected chi connectivity index (χ4v) is 3.24. The lowest BCUT2D eigenvalue weighted by molar-refractivity contribution is -0.133. The van der Waals surface area contributed by atoms with Crippen LogP contribution >= 0.6 is 0 Å². The van der Waals surface area contributed by atoms with E-state index in [1.165, 1.54) is 0 Å². The molecule has 2 N–H and O–H groups in total. The Morgan fingerprint density at radius 3 is 2.95 bits per heavy atom. The quantitative estimate of drug-likeness (QED) is 0.884. The van der Waals surface area contributed by atoms with E-state index in [9.17, 15) is 4.79 Å². The van der Waals surface area contributed by atoms with E-state index in [0.29, 0.717) is 12.5 Å². The molecule has 0 aromatic heterocycles. The molecular weight excluding hydrogens is 252 g/mol. The average Bonchev–Trinajstić information content (AvgIpc) is 3.07. The number of hydrogen-bond donors (Lipinski definition) is 2. The molecule has 2 atom stereocenters. The minimum absolute atomic E-state index is 0.0186. The van der Waals surface area contributed by atoms with Crippen LogP contribution in [0.1, 0.15) is 31.9 Å². The zero-order valence-corrected chi connectivity index (χ0v) is 12.1. The maximum Gasteiger partial charge on any atom is 0.228 e. The van der Waals surface area contributed by atoms with Crippen molar-refractivity contribution in [1.82, 2.24) is 10.6 Å². The number of rotatable bonds is 3. The fourth-order valence-electron chi connectivity index (χ4n) is 3.24. The van der Waals surface area contributed by atoms with Crippen molar-refractivity contribution in [3.8, 4) is 5.75 Å². The molecule has 0 radical (unpaired) electrons. The first kappa shape index (κ1) is 13.4. The Labute approximate surface area is 119 Å². The summed E-state index contributed by atoms with van der Waals surface area (Å²) in [6.07, 6.45) is 0.908. The van der Waals surface area contributed by atoms with Crippen LogP contribution in [0.4, 0.5) is 0 Å². The smallest absolute Gasteiger partial charge is 0.228 e. The van der Waals surface area contributed by atoms with Gasteiger partial charge in [-0.15, -0.1) is 0 Å². The standard InChI is InChI=1S/C16H22N2O2/c1-11(2)16(7-8-17-10-16)15(19)18-13-9-20-14-6-4-3-5-12(13)14/h3-6,11,13,17H,7-10H2,1-2H3,(H,18,19). The summed E-state index contributed by atoms with van der Waals surface area (Å²) in [5.41, 5.74) is 0.808. The van der Waals surface area contributed by atoms with Crippen molar-refractivity contribution < 1.29 is 9.53 Å². The number of amides is 1. The van der Waals surface area contributed by atoms with Gasteiger partial charge in [-0.25, -0.2) is 0 Å². The molecule has 2 heterocycles. The summed E-state index contributed by atoms with van der Waals surface area (Å²) in [6.45, 7) is 6.49. The van der Waals surface area contributed by atoms with Gasteiger partial charge in [-0.1, -0.05) is 32.0 Å². The topological polar surface area (TPSA) is 50.4 Å². The highest BCUT2D eigenvalue weighted by atomic mass is 16.5. The molecule has 108 valence electrons. The monoisotopic (exact) mass is 274 g/mol. The Bertz CT molecular complexity index is 507. The van der Waals surface area contributed by atoms with Crippen molar-refractivity contribution in [3.05, 3.63) is 29.8 Å². The second-order valence-corrected chi connectivity index (χ2v) is 6.11. The lowest BCUT2D eigenvalue weighted by Crippen LogP contribution is -2.47. The van der Waals surface area contributed by atoms with E-state index < -0.39 is 0 Å².